The van der Waals surface area contributed by atoms with Crippen LogP contribution in [0.1, 0.15) is 30.9 Å². The van der Waals surface area contributed by atoms with Crippen molar-refractivity contribution in [3.63, 3.8) is 0 Å². The number of nitrogens with zero attached hydrogens (tertiary/aromatic N) is 3. The van der Waals surface area contributed by atoms with Crippen molar-refractivity contribution in [1.29, 1.82) is 0 Å². The Morgan fingerprint density at radius 3 is 2.46 bits per heavy atom. The van der Waals surface area contributed by atoms with Crippen LogP contribution in [0, 0.1) is 12.8 Å². The lowest BCUT2D eigenvalue weighted by atomic mass is 10.1. The number of hydrogen-bond acceptors (Lipinski definition) is 4. The summed E-state index contributed by atoms with van der Waals surface area (Å²) in [6.45, 7) is 12.7. The van der Waals surface area contributed by atoms with Gasteiger partial charge in [-0.15, -0.1) is 0 Å². The van der Waals surface area contributed by atoms with Crippen molar-refractivity contribution in [3.8, 4) is 0 Å². The molecule has 1 unspecified atom stereocenters. The first-order valence-corrected chi connectivity index (χ1v) is 10.6. The number of benzene rings is 1. The fraction of sp³-hybridized carbons (Fsp3) is 0.636. The molecule has 154 valence electrons. The maximum atomic E-state index is 12.5. The second-order valence-corrected chi connectivity index (χ2v) is 8.08. The van der Waals surface area contributed by atoms with E-state index in [0.29, 0.717) is 26.1 Å². The van der Waals surface area contributed by atoms with Gasteiger partial charge in [-0.3, -0.25) is 9.59 Å². The number of piperazine rings is 1. The van der Waals surface area contributed by atoms with Gasteiger partial charge in [0.15, 0.2) is 0 Å². The van der Waals surface area contributed by atoms with Crippen LogP contribution < -0.4 is 5.32 Å². The van der Waals surface area contributed by atoms with Crippen LogP contribution in [0.25, 0.3) is 0 Å². The fourth-order valence-corrected chi connectivity index (χ4v) is 4.00. The monoisotopic (exact) mass is 386 g/mol. The Balaban J connectivity index is 1.34. The van der Waals surface area contributed by atoms with E-state index in [1.165, 1.54) is 5.56 Å². The third kappa shape index (κ3) is 5.79. The van der Waals surface area contributed by atoms with Crippen molar-refractivity contribution in [2.45, 2.75) is 33.2 Å². The number of hydrogen-bond donors (Lipinski definition) is 1. The lowest BCUT2D eigenvalue weighted by Crippen LogP contribution is -2.46. The normalized spacial score (nSPS) is 21.3. The standard InChI is InChI=1S/C22H34N4O2/c1-3-24-11-13-25(14-12-24)10-4-9-23-22(28)20-15-21(27)26(17-20)16-19-7-5-18(2)6-8-19/h5-8,20H,3-4,9-17H2,1-2H3,(H,23,28). The van der Waals surface area contributed by atoms with E-state index < -0.39 is 0 Å². The lowest BCUT2D eigenvalue weighted by Gasteiger charge is -2.34. The van der Waals surface area contributed by atoms with Gasteiger partial charge < -0.3 is 20.0 Å². The fourth-order valence-electron chi connectivity index (χ4n) is 4.00. The van der Waals surface area contributed by atoms with Gasteiger partial charge in [-0.2, -0.15) is 0 Å². The van der Waals surface area contributed by atoms with Gasteiger partial charge in [0.1, 0.15) is 0 Å². The first-order valence-electron chi connectivity index (χ1n) is 10.6. The minimum atomic E-state index is -0.217. The van der Waals surface area contributed by atoms with Gasteiger partial charge in [0.2, 0.25) is 11.8 Å². The molecule has 2 aliphatic rings. The molecule has 2 heterocycles. The molecular weight excluding hydrogens is 352 g/mol. The number of nitrogens with one attached hydrogen (secondary N) is 1. The Kier molecular flexibility index (Phi) is 7.45. The van der Waals surface area contributed by atoms with Crippen LogP contribution in [-0.2, 0) is 16.1 Å². The summed E-state index contributed by atoms with van der Waals surface area (Å²) in [4.78, 5) is 31.5. The van der Waals surface area contributed by atoms with Gasteiger partial charge in [-0.25, -0.2) is 0 Å². The second kappa shape index (κ2) is 10.0. The Bertz CT molecular complexity index is 653. The summed E-state index contributed by atoms with van der Waals surface area (Å²) < 4.78 is 0. The van der Waals surface area contributed by atoms with Crippen molar-refractivity contribution in [2.75, 3.05) is 52.4 Å². The predicted molar refractivity (Wildman–Crippen MR) is 111 cm³/mol. The maximum Gasteiger partial charge on any atom is 0.225 e. The van der Waals surface area contributed by atoms with Crippen LogP contribution in [0.15, 0.2) is 24.3 Å². The number of carbonyl (C=O) groups is 2. The van der Waals surface area contributed by atoms with Crippen LogP contribution in [0.5, 0.6) is 0 Å². The molecule has 1 aromatic carbocycles. The van der Waals surface area contributed by atoms with E-state index in [2.05, 4.69) is 53.2 Å². The molecule has 2 fully saturated rings. The minimum Gasteiger partial charge on any atom is -0.356 e. The highest BCUT2D eigenvalue weighted by Gasteiger charge is 2.34. The highest BCUT2D eigenvalue weighted by atomic mass is 16.2. The Hall–Kier alpha value is -1.92. The van der Waals surface area contributed by atoms with Gasteiger partial charge in [-0.1, -0.05) is 36.8 Å². The van der Waals surface area contributed by atoms with E-state index in [1.807, 2.05) is 4.90 Å². The van der Waals surface area contributed by atoms with Crippen LogP contribution in [0.2, 0.25) is 0 Å². The zero-order valence-corrected chi connectivity index (χ0v) is 17.3. The highest BCUT2D eigenvalue weighted by Crippen LogP contribution is 2.20. The van der Waals surface area contributed by atoms with Gasteiger partial charge in [0, 0.05) is 52.2 Å². The zero-order valence-electron chi connectivity index (χ0n) is 17.3. The van der Waals surface area contributed by atoms with E-state index in [1.54, 1.807) is 0 Å². The molecule has 1 atom stereocenters. The lowest BCUT2D eigenvalue weighted by molar-refractivity contribution is -0.129. The molecule has 3 rings (SSSR count). The van der Waals surface area contributed by atoms with Crippen LogP contribution in [0.3, 0.4) is 0 Å². The smallest absolute Gasteiger partial charge is 0.225 e. The molecule has 28 heavy (non-hydrogen) atoms. The topological polar surface area (TPSA) is 55.9 Å². The van der Waals surface area contributed by atoms with Crippen LogP contribution in [-0.4, -0.2) is 78.9 Å². The van der Waals surface area contributed by atoms with Crippen molar-refractivity contribution in [1.82, 2.24) is 20.0 Å². The van der Waals surface area contributed by atoms with Crippen molar-refractivity contribution in [2.24, 2.45) is 5.92 Å². The minimum absolute atomic E-state index is 0.0237. The van der Waals surface area contributed by atoms with E-state index in [-0.39, 0.29) is 17.7 Å². The molecule has 6 nitrogen and oxygen atoms in total. The van der Waals surface area contributed by atoms with E-state index >= 15 is 0 Å². The largest absolute Gasteiger partial charge is 0.356 e. The van der Waals surface area contributed by atoms with Crippen LogP contribution >= 0.6 is 0 Å². The van der Waals surface area contributed by atoms with Gasteiger partial charge in [0.05, 0.1) is 5.92 Å². The number of likely N-dealkylation sites (tertiary alicyclic amines) is 1. The zero-order chi connectivity index (χ0) is 19.9. The third-order valence-corrected chi connectivity index (χ3v) is 5.94. The second-order valence-electron chi connectivity index (χ2n) is 8.08. The van der Waals surface area contributed by atoms with Crippen molar-refractivity contribution < 1.29 is 9.59 Å². The van der Waals surface area contributed by atoms with Gasteiger partial charge >= 0.3 is 0 Å². The average Bonchev–Trinajstić information content (AvgIpc) is 3.08. The number of likely N-dealkylation sites (N-methyl/N-ethyl adjacent to an activating group) is 1. The molecule has 0 spiro atoms. The molecule has 0 saturated carbocycles. The van der Waals surface area contributed by atoms with Crippen LogP contribution in [0.4, 0.5) is 0 Å². The molecule has 0 bridgehead atoms. The van der Waals surface area contributed by atoms with Crippen molar-refractivity contribution >= 4 is 11.8 Å². The van der Waals surface area contributed by atoms with E-state index in [0.717, 1.165) is 51.3 Å². The van der Waals surface area contributed by atoms with E-state index in [9.17, 15) is 9.59 Å². The number of rotatable bonds is 8. The van der Waals surface area contributed by atoms with Gasteiger partial charge in [-0.05, 0) is 32.0 Å². The molecule has 2 aliphatic heterocycles. The first kappa shape index (κ1) is 20.8. The molecule has 0 radical (unpaired) electrons. The summed E-state index contributed by atoms with van der Waals surface area (Å²) in [6, 6.07) is 8.22. The molecule has 2 amide bonds. The molecule has 6 heteroatoms. The molecule has 1 N–H and O–H groups in total. The number of aryl methyl sites for hydroxylation is 1. The Morgan fingerprint density at radius 1 is 1.11 bits per heavy atom. The maximum absolute atomic E-state index is 12.5. The third-order valence-electron chi connectivity index (χ3n) is 5.94. The quantitative estimate of drug-likeness (QED) is 0.688. The molecule has 1 aromatic rings. The van der Waals surface area contributed by atoms with Crippen molar-refractivity contribution in [3.05, 3.63) is 35.4 Å². The van der Waals surface area contributed by atoms with E-state index in [4.69, 9.17) is 0 Å². The first-order chi connectivity index (χ1) is 13.5. The molecule has 0 aromatic heterocycles. The number of carbonyl (C=O) groups excluding carboxylic acids is 2. The highest BCUT2D eigenvalue weighted by molar-refractivity contribution is 5.89. The summed E-state index contributed by atoms with van der Waals surface area (Å²) in [7, 11) is 0. The molecule has 0 aliphatic carbocycles. The summed E-state index contributed by atoms with van der Waals surface area (Å²) in [5, 5.41) is 3.04. The molecule has 2 saturated heterocycles. The summed E-state index contributed by atoms with van der Waals surface area (Å²) in [6.07, 6.45) is 1.29. The summed E-state index contributed by atoms with van der Waals surface area (Å²) in [5.41, 5.74) is 2.32. The Labute approximate surface area is 168 Å². The SMILES string of the molecule is CCN1CCN(CCCNC(=O)C2CC(=O)N(Cc3ccc(C)cc3)C2)CC1. The predicted octanol–water partition coefficient (Wildman–Crippen LogP) is 1.49. The summed E-state index contributed by atoms with van der Waals surface area (Å²) >= 11 is 0. The molecular formula is C22H34N4O2. The average molecular weight is 387 g/mol. The Morgan fingerprint density at radius 2 is 1.79 bits per heavy atom. The van der Waals surface area contributed by atoms with Gasteiger partial charge in [0.25, 0.3) is 0 Å². The summed E-state index contributed by atoms with van der Waals surface area (Å²) in [5.74, 6) is -0.115. The number of amides is 2.